The fourth-order valence-corrected chi connectivity index (χ4v) is 4.52. The monoisotopic (exact) mass is 546 g/mol. The lowest BCUT2D eigenvalue weighted by molar-refractivity contribution is -0.126. The van der Waals surface area contributed by atoms with Crippen LogP contribution in [0.5, 0.6) is 0 Å². The number of nitrogens with one attached hydrogen (secondary N) is 2. The second kappa shape index (κ2) is 11.5. The van der Waals surface area contributed by atoms with E-state index >= 15 is 0 Å². The number of ether oxygens (including phenoxy) is 1. The van der Waals surface area contributed by atoms with Gasteiger partial charge in [-0.1, -0.05) is 29.8 Å². The Hall–Kier alpha value is -4.44. The number of cyclic esters (lactones) is 1. The number of piperazine rings is 1. The Kier molecular flexibility index (Phi) is 7.74. The normalized spacial score (nSPS) is 15.6. The molecular formula is C28H27ClN6O4. The molecule has 39 heavy (non-hydrogen) atoms. The highest BCUT2D eigenvalue weighted by Gasteiger charge is 2.28. The van der Waals surface area contributed by atoms with Crippen molar-refractivity contribution in [3.05, 3.63) is 76.8 Å². The predicted octanol–water partition coefficient (Wildman–Crippen LogP) is 3.21. The third-order valence-electron chi connectivity index (χ3n) is 6.41. The van der Waals surface area contributed by atoms with Crippen molar-refractivity contribution in [3.8, 4) is 11.4 Å². The lowest BCUT2D eigenvalue weighted by atomic mass is 10.1. The van der Waals surface area contributed by atoms with Crippen molar-refractivity contribution >= 4 is 46.8 Å². The number of hydrogen-bond acceptors (Lipinski definition) is 8. The molecule has 0 atom stereocenters. The molecule has 200 valence electrons. The van der Waals surface area contributed by atoms with Gasteiger partial charge in [-0.2, -0.15) is 0 Å². The van der Waals surface area contributed by atoms with Crippen molar-refractivity contribution in [2.24, 2.45) is 0 Å². The molecule has 0 radical (unpaired) electrons. The summed E-state index contributed by atoms with van der Waals surface area (Å²) < 4.78 is 5.32. The van der Waals surface area contributed by atoms with E-state index in [0.717, 1.165) is 11.4 Å². The Morgan fingerprint density at radius 3 is 2.44 bits per heavy atom. The number of carbonyl (C=O) groups is 3. The van der Waals surface area contributed by atoms with Gasteiger partial charge in [0.1, 0.15) is 17.4 Å². The van der Waals surface area contributed by atoms with Crippen LogP contribution in [0.15, 0.2) is 60.7 Å². The number of nitrogens with zero attached hydrogens (tertiary/aromatic N) is 4. The molecule has 2 amide bonds. The highest BCUT2D eigenvalue weighted by molar-refractivity contribution is 6.30. The first-order valence-electron chi connectivity index (χ1n) is 12.6. The van der Waals surface area contributed by atoms with E-state index in [1.54, 1.807) is 41.3 Å². The van der Waals surface area contributed by atoms with Crippen molar-refractivity contribution in [1.29, 1.82) is 0 Å². The number of benzene rings is 2. The summed E-state index contributed by atoms with van der Waals surface area (Å²) in [5.74, 6) is 1.41. The average Bonchev–Trinajstić information content (AvgIpc) is 3.26. The number of esters is 1. The SMILES string of the molecule is CC(=O)NCCNc1cc(N2CCN(C(=O)C=C3OC(=O)c4ccccc43)CC2)nc(-c2ccc(Cl)cc2)n1. The van der Waals surface area contributed by atoms with Crippen LogP contribution < -0.4 is 15.5 Å². The highest BCUT2D eigenvalue weighted by atomic mass is 35.5. The summed E-state index contributed by atoms with van der Waals surface area (Å²) >= 11 is 6.06. The van der Waals surface area contributed by atoms with Crippen LogP contribution in [0.2, 0.25) is 5.02 Å². The lowest BCUT2D eigenvalue weighted by Crippen LogP contribution is -2.48. The Labute approximate surface area is 230 Å². The molecule has 1 aromatic heterocycles. The molecule has 3 aromatic rings. The Bertz CT molecular complexity index is 1430. The molecule has 5 rings (SSSR count). The molecule has 1 saturated heterocycles. The van der Waals surface area contributed by atoms with Gasteiger partial charge in [-0.25, -0.2) is 14.8 Å². The summed E-state index contributed by atoms with van der Waals surface area (Å²) in [5.41, 5.74) is 1.91. The molecule has 2 N–H and O–H groups in total. The first-order chi connectivity index (χ1) is 18.9. The van der Waals surface area contributed by atoms with Crippen molar-refractivity contribution < 1.29 is 19.1 Å². The third-order valence-corrected chi connectivity index (χ3v) is 6.66. The topological polar surface area (TPSA) is 117 Å². The third kappa shape index (κ3) is 6.18. The number of amides is 2. The van der Waals surface area contributed by atoms with E-state index in [1.807, 2.05) is 18.2 Å². The second-order valence-electron chi connectivity index (χ2n) is 9.11. The Morgan fingerprint density at radius 2 is 1.72 bits per heavy atom. The van der Waals surface area contributed by atoms with Crippen LogP contribution in [-0.2, 0) is 14.3 Å². The molecule has 11 heteroatoms. The molecule has 0 saturated carbocycles. The van der Waals surface area contributed by atoms with Crippen molar-refractivity contribution in [2.75, 3.05) is 49.5 Å². The van der Waals surface area contributed by atoms with Crippen LogP contribution in [0.25, 0.3) is 17.1 Å². The summed E-state index contributed by atoms with van der Waals surface area (Å²) in [5, 5.41) is 6.62. The number of anilines is 2. The number of halogens is 1. The average molecular weight is 547 g/mol. The number of carbonyl (C=O) groups excluding carboxylic acids is 3. The standard InChI is InChI=1S/C28H27ClN6O4/c1-18(36)30-10-11-31-24-17-25(33-27(32-24)19-6-8-20(29)9-7-19)34-12-14-35(15-13-34)26(37)16-23-21-4-2-3-5-22(21)28(38)39-23/h2-9,16-17H,10-15H2,1H3,(H,30,36)(H,31,32,33). The van der Waals surface area contributed by atoms with Gasteiger partial charge >= 0.3 is 5.97 Å². The van der Waals surface area contributed by atoms with Gasteiger partial charge in [0.05, 0.1) is 5.56 Å². The second-order valence-corrected chi connectivity index (χ2v) is 9.54. The van der Waals surface area contributed by atoms with Gasteiger partial charge in [0.25, 0.3) is 0 Å². The Balaban J connectivity index is 1.29. The van der Waals surface area contributed by atoms with Crippen LogP contribution in [-0.4, -0.2) is 71.9 Å². The minimum atomic E-state index is -0.448. The molecule has 0 aliphatic carbocycles. The van der Waals surface area contributed by atoms with E-state index in [2.05, 4.69) is 20.5 Å². The van der Waals surface area contributed by atoms with Crippen LogP contribution in [0.1, 0.15) is 22.8 Å². The molecule has 2 aliphatic heterocycles. The largest absolute Gasteiger partial charge is 0.422 e. The van der Waals surface area contributed by atoms with Crippen molar-refractivity contribution in [3.63, 3.8) is 0 Å². The van der Waals surface area contributed by atoms with E-state index in [4.69, 9.17) is 21.3 Å². The number of hydrogen-bond donors (Lipinski definition) is 2. The van der Waals surface area contributed by atoms with Gasteiger partial charge in [0.15, 0.2) is 5.82 Å². The zero-order chi connectivity index (χ0) is 27.4. The fraction of sp³-hybridized carbons (Fsp3) is 0.250. The van der Waals surface area contributed by atoms with Gasteiger partial charge in [-0.05, 0) is 30.3 Å². The molecule has 0 bridgehead atoms. The summed E-state index contributed by atoms with van der Waals surface area (Å²) in [6.07, 6.45) is 1.39. The minimum absolute atomic E-state index is 0.0969. The Morgan fingerprint density at radius 1 is 1.00 bits per heavy atom. The summed E-state index contributed by atoms with van der Waals surface area (Å²) in [6, 6.07) is 16.2. The molecule has 10 nitrogen and oxygen atoms in total. The first kappa shape index (κ1) is 26.2. The maximum atomic E-state index is 13.0. The summed E-state index contributed by atoms with van der Waals surface area (Å²) in [7, 11) is 0. The molecule has 1 fully saturated rings. The zero-order valence-electron chi connectivity index (χ0n) is 21.3. The minimum Gasteiger partial charge on any atom is -0.422 e. The van der Waals surface area contributed by atoms with Crippen LogP contribution in [0.4, 0.5) is 11.6 Å². The number of rotatable bonds is 7. The highest BCUT2D eigenvalue weighted by Crippen LogP contribution is 2.30. The predicted molar refractivity (Wildman–Crippen MR) is 148 cm³/mol. The van der Waals surface area contributed by atoms with Crippen LogP contribution in [0.3, 0.4) is 0 Å². The smallest absolute Gasteiger partial charge is 0.344 e. The van der Waals surface area contributed by atoms with E-state index in [-0.39, 0.29) is 17.6 Å². The van der Waals surface area contributed by atoms with Crippen molar-refractivity contribution in [1.82, 2.24) is 20.2 Å². The molecule has 2 aromatic carbocycles. The van der Waals surface area contributed by atoms with E-state index in [9.17, 15) is 14.4 Å². The van der Waals surface area contributed by atoms with Gasteiger partial charge in [0, 0.05) is 74.5 Å². The van der Waals surface area contributed by atoms with E-state index < -0.39 is 5.97 Å². The van der Waals surface area contributed by atoms with Gasteiger partial charge in [-0.15, -0.1) is 0 Å². The van der Waals surface area contributed by atoms with Gasteiger partial charge in [-0.3, -0.25) is 9.59 Å². The lowest BCUT2D eigenvalue weighted by Gasteiger charge is -2.35. The van der Waals surface area contributed by atoms with E-state index in [1.165, 1.54) is 13.0 Å². The molecule has 2 aliphatic rings. The maximum Gasteiger partial charge on any atom is 0.344 e. The molecule has 0 unspecified atom stereocenters. The number of aromatic nitrogens is 2. The molecular weight excluding hydrogens is 520 g/mol. The molecule has 0 spiro atoms. The van der Waals surface area contributed by atoms with Crippen LogP contribution >= 0.6 is 11.6 Å². The zero-order valence-corrected chi connectivity index (χ0v) is 22.1. The first-order valence-corrected chi connectivity index (χ1v) is 13.0. The van der Waals surface area contributed by atoms with Crippen LogP contribution in [0, 0.1) is 0 Å². The fourth-order valence-electron chi connectivity index (χ4n) is 4.40. The maximum absolute atomic E-state index is 13.0. The van der Waals surface area contributed by atoms with Gasteiger partial charge in [0.2, 0.25) is 11.8 Å². The molecule has 3 heterocycles. The summed E-state index contributed by atoms with van der Waals surface area (Å²) in [4.78, 5) is 49.5. The summed E-state index contributed by atoms with van der Waals surface area (Å²) in [6.45, 7) is 4.51. The van der Waals surface area contributed by atoms with E-state index in [0.29, 0.717) is 67.1 Å². The van der Waals surface area contributed by atoms with Gasteiger partial charge < -0.3 is 25.2 Å². The van der Waals surface area contributed by atoms with Crippen molar-refractivity contribution in [2.45, 2.75) is 6.92 Å². The number of fused-ring (bicyclic) bond motifs is 1. The quantitative estimate of drug-likeness (QED) is 0.264.